The van der Waals surface area contributed by atoms with Crippen molar-refractivity contribution in [3.63, 3.8) is 0 Å². The molecule has 0 atom stereocenters. The molecule has 2 N–H and O–H groups in total. The SMILES string of the molecule is CCN(Cc1cccs1)S(=O)(=O)c1csc(CN)c1. The molecule has 0 aliphatic heterocycles. The third kappa shape index (κ3) is 3.24. The molecule has 2 heterocycles. The van der Waals surface area contributed by atoms with Gasteiger partial charge in [-0.05, 0) is 17.5 Å². The monoisotopic (exact) mass is 316 g/mol. The van der Waals surface area contributed by atoms with E-state index in [9.17, 15) is 8.42 Å². The molecule has 0 aliphatic carbocycles. The van der Waals surface area contributed by atoms with E-state index >= 15 is 0 Å². The van der Waals surface area contributed by atoms with Crippen molar-refractivity contribution in [3.8, 4) is 0 Å². The molecule has 0 amide bonds. The van der Waals surface area contributed by atoms with E-state index in [1.807, 2.05) is 24.4 Å². The smallest absolute Gasteiger partial charge is 0.244 e. The number of nitrogens with zero attached hydrogens (tertiary/aromatic N) is 1. The summed E-state index contributed by atoms with van der Waals surface area (Å²) in [5.74, 6) is 0. The lowest BCUT2D eigenvalue weighted by molar-refractivity contribution is 0.426. The lowest BCUT2D eigenvalue weighted by Crippen LogP contribution is -2.29. The Hall–Kier alpha value is -0.730. The number of sulfonamides is 1. The highest BCUT2D eigenvalue weighted by molar-refractivity contribution is 7.89. The highest BCUT2D eigenvalue weighted by atomic mass is 32.2. The minimum atomic E-state index is -3.42. The summed E-state index contributed by atoms with van der Waals surface area (Å²) in [7, 11) is -3.42. The molecule has 2 rings (SSSR count). The van der Waals surface area contributed by atoms with Gasteiger partial charge in [0.1, 0.15) is 0 Å². The maximum Gasteiger partial charge on any atom is 0.244 e. The van der Waals surface area contributed by atoms with Gasteiger partial charge >= 0.3 is 0 Å². The van der Waals surface area contributed by atoms with Crippen LogP contribution in [-0.2, 0) is 23.1 Å². The molecule has 19 heavy (non-hydrogen) atoms. The number of nitrogens with two attached hydrogens (primary N) is 1. The Kier molecular flexibility index (Phi) is 4.75. The van der Waals surface area contributed by atoms with Crippen molar-refractivity contribution in [3.05, 3.63) is 38.7 Å². The van der Waals surface area contributed by atoms with Crippen LogP contribution in [0.2, 0.25) is 0 Å². The zero-order valence-electron chi connectivity index (χ0n) is 10.6. The summed E-state index contributed by atoms with van der Waals surface area (Å²) in [6.45, 7) is 3.09. The van der Waals surface area contributed by atoms with E-state index in [-0.39, 0.29) is 0 Å². The molecule has 0 aliphatic rings. The van der Waals surface area contributed by atoms with Gasteiger partial charge in [-0.3, -0.25) is 0 Å². The second-order valence-corrected chi connectivity index (χ2v) is 7.93. The zero-order chi connectivity index (χ0) is 13.9. The summed E-state index contributed by atoms with van der Waals surface area (Å²) < 4.78 is 26.5. The summed E-state index contributed by atoms with van der Waals surface area (Å²) >= 11 is 2.95. The van der Waals surface area contributed by atoms with Crippen LogP contribution in [0.1, 0.15) is 16.7 Å². The number of hydrogen-bond acceptors (Lipinski definition) is 5. The van der Waals surface area contributed by atoms with E-state index in [4.69, 9.17) is 5.73 Å². The Morgan fingerprint density at radius 1 is 1.32 bits per heavy atom. The fraction of sp³-hybridized carbons (Fsp3) is 0.333. The second-order valence-electron chi connectivity index (χ2n) is 3.96. The number of rotatable bonds is 6. The molecule has 7 heteroatoms. The van der Waals surface area contributed by atoms with Gasteiger partial charge in [-0.25, -0.2) is 8.42 Å². The summed E-state index contributed by atoms with van der Waals surface area (Å²) in [5, 5.41) is 3.61. The first kappa shape index (κ1) is 14.7. The molecule has 0 aromatic carbocycles. The van der Waals surface area contributed by atoms with Gasteiger partial charge in [0.2, 0.25) is 10.0 Å². The molecule has 0 fully saturated rings. The molecule has 2 aromatic rings. The molecular weight excluding hydrogens is 300 g/mol. The van der Waals surface area contributed by atoms with Gasteiger partial charge in [0.25, 0.3) is 0 Å². The fourth-order valence-electron chi connectivity index (χ4n) is 1.69. The predicted octanol–water partition coefficient (Wildman–Crippen LogP) is 2.48. The number of thiophene rings is 2. The first-order valence-corrected chi connectivity index (χ1v) is 9.08. The summed E-state index contributed by atoms with van der Waals surface area (Å²) in [5.41, 5.74) is 5.53. The van der Waals surface area contributed by atoms with Crippen LogP contribution in [0.5, 0.6) is 0 Å². The van der Waals surface area contributed by atoms with Crippen LogP contribution in [0, 0.1) is 0 Å². The number of hydrogen-bond donors (Lipinski definition) is 1. The van der Waals surface area contributed by atoms with Crippen molar-refractivity contribution >= 4 is 32.7 Å². The predicted molar refractivity (Wildman–Crippen MR) is 79.8 cm³/mol. The van der Waals surface area contributed by atoms with Gasteiger partial charge in [0, 0.05) is 34.8 Å². The van der Waals surface area contributed by atoms with E-state index in [0.29, 0.717) is 24.5 Å². The lowest BCUT2D eigenvalue weighted by Gasteiger charge is -2.18. The summed E-state index contributed by atoms with van der Waals surface area (Å²) in [6, 6.07) is 5.54. The van der Waals surface area contributed by atoms with E-state index in [1.54, 1.807) is 22.8 Å². The van der Waals surface area contributed by atoms with E-state index in [1.165, 1.54) is 15.6 Å². The normalized spacial score (nSPS) is 12.2. The Bertz CT molecular complexity index is 617. The fourth-order valence-corrected chi connectivity index (χ4v) is 5.07. The summed E-state index contributed by atoms with van der Waals surface area (Å²) in [4.78, 5) is 2.27. The van der Waals surface area contributed by atoms with Crippen LogP contribution in [0.3, 0.4) is 0 Å². The quantitative estimate of drug-likeness (QED) is 0.890. The Labute approximate surface area is 121 Å². The lowest BCUT2D eigenvalue weighted by atomic mass is 10.4. The Balaban J connectivity index is 2.25. The van der Waals surface area contributed by atoms with Crippen LogP contribution in [0.25, 0.3) is 0 Å². The van der Waals surface area contributed by atoms with Gasteiger partial charge in [-0.1, -0.05) is 13.0 Å². The maximum atomic E-state index is 12.5. The maximum absolute atomic E-state index is 12.5. The van der Waals surface area contributed by atoms with Crippen molar-refractivity contribution in [2.75, 3.05) is 6.54 Å². The molecule has 104 valence electrons. The molecule has 0 unspecified atom stereocenters. The van der Waals surface area contributed by atoms with Gasteiger partial charge < -0.3 is 5.73 Å². The van der Waals surface area contributed by atoms with Crippen molar-refractivity contribution < 1.29 is 8.42 Å². The summed E-state index contributed by atoms with van der Waals surface area (Å²) in [6.07, 6.45) is 0. The standard InChI is InChI=1S/C12H16N2O2S3/c1-2-14(8-10-4-3-5-17-10)19(15,16)12-6-11(7-13)18-9-12/h3-6,9H,2,7-8,13H2,1H3. The average molecular weight is 316 g/mol. The molecule has 4 nitrogen and oxygen atoms in total. The van der Waals surface area contributed by atoms with E-state index in [0.717, 1.165) is 9.75 Å². The van der Waals surface area contributed by atoms with Crippen molar-refractivity contribution in [2.24, 2.45) is 5.73 Å². The van der Waals surface area contributed by atoms with Crippen molar-refractivity contribution in [1.29, 1.82) is 0 Å². The molecule has 0 radical (unpaired) electrons. The van der Waals surface area contributed by atoms with Crippen LogP contribution in [0.4, 0.5) is 0 Å². The molecule has 0 bridgehead atoms. The molecule has 0 saturated carbocycles. The van der Waals surface area contributed by atoms with E-state index < -0.39 is 10.0 Å². The minimum Gasteiger partial charge on any atom is -0.326 e. The van der Waals surface area contributed by atoms with Crippen molar-refractivity contribution in [1.82, 2.24) is 4.31 Å². The molecule has 0 spiro atoms. The van der Waals surface area contributed by atoms with Gasteiger partial charge in [-0.15, -0.1) is 22.7 Å². The topological polar surface area (TPSA) is 63.4 Å². The highest BCUT2D eigenvalue weighted by Crippen LogP contribution is 2.24. The Morgan fingerprint density at radius 3 is 2.63 bits per heavy atom. The van der Waals surface area contributed by atoms with Crippen molar-refractivity contribution in [2.45, 2.75) is 24.9 Å². The van der Waals surface area contributed by atoms with Gasteiger partial charge in [0.05, 0.1) is 4.90 Å². The first-order chi connectivity index (χ1) is 9.07. The molecule has 2 aromatic heterocycles. The Morgan fingerprint density at radius 2 is 2.11 bits per heavy atom. The van der Waals surface area contributed by atoms with E-state index in [2.05, 4.69) is 0 Å². The average Bonchev–Trinajstić information content (AvgIpc) is 3.06. The van der Waals surface area contributed by atoms with Crippen LogP contribution in [0.15, 0.2) is 33.9 Å². The largest absolute Gasteiger partial charge is 0.326 e. The van der Waals surface area contributed by atoms with Crippen LogP contribution < -0.4 is 5.73 Å². The zero-order valence-corrected chi connectivity index (χ0v) is 13.0. The molecular formula is C12H16N2O2S3. The third-order valence-corrected chi connectivity index (χ3v) is 6.60. The minimum absolute atomic E-state index is 0.344. The van der Waals surface area contributed by atoms with Crippen LogP contribution in [-0.4, -0.2) is 19.3 Å². The molecule has 0 saturated heterocycles. The second kappa shape index (κ2) is 6.15. The first-order valence-electron chi connectivity index (χ1n) is 5.88. The van der Waals surface area contributed by atoms with Gasteiger partial charge in [-0.2, -0.15) is 4.31 Å². The third-order valence-electron chi connectivity index (χ3n) is 2.73. The van der Waals surface area contributed by atoms with Gasteiger partial charge in [0.15, 0.2) is 0 Å². The highest BCUT2D eigenvalue weighted by Gasteiger charge is 2.24. The van der Waals surface area contributed by atoms with Crippen LogP contribution >= 0.6 is 22.7 Å².